The first kappa shape index (κ1) is 26.6. The number of carbonyl (C=O) groups is 2. The molecule has 194 valence electrons. The van der Waals surface area contributed by atoms with Crippen molar-refractivity contribution in [3.8, 4) is 5.75 Å². The van der Waals surface area contributed by atoms with Gasteiger partial charge in [-0.2, -0.15) is 0 Å². The van der Waals surface area contributed by atoms with Crippen LogP contribution in [0, 0.1) is 5.82 Å². The number of halogens is 3. The van der Waals surface area contributed by atoms with E-state index in [9.17, 15) is 14.0 Å². The van der Waals surface area contributed by atoms with Crippen molar-refractivity contribution < 1.29 is 18.7 Å². The van der Waals surface area contributed by atoms with E-state index >= 15 is 0 Å². The van der Waals surface area contributed by atoms with Crippen molar-refractivity contribution in [3.05, 3.63) is 75.1 Å². The van der Waals surface area contributed by atoms with Gasteiger partial charge in [-0.15, -0.1) is 10.2 Å². The van der Waals surface area contributed by atoms with E-state index in [-0.39, 0.29) is 45.4 Å². The molecular formula is C25H25Cl2FN6O3. The SMILES string of the molecule is CN1CCCN(C(=O)c2ccc(NC(=O)c3cc(OCc4c(Cl)ccc(F)c4Cl)c(N)nn3)cc2)CC1. The monoisotopic (exact) mass is 546 g/mol. The molecule has 1 aliphatic heterocycles. The Morgan fingerprint density at radius 1 is 1.08 bits per heavy atom. The Kier molecular flexibility index (Phi) is 8.42. The Bertz CT molecular complexity index is 1310. The molecule has 0 radical (unpaired) electrons. The van der Waals surface area contributed by atoms with E-state index in [1.165, 1.54) is 12.1 Å². The molecule has 37 heavy (non-hydrogen) atoms. The Hall–Kier alpha value is -3.47. The van der Waals surface area contributed by atoms with Crippen LogP contribution < -0.4 is 15.8 Å². The highest BCUT2D eigenvalue weighted by atomic mass is 35.5. The highest BCUT2D eigenvalue weighted by Crippen LogP contribution is 2.29. The van der Waals surface area contributed by atoms with Crippen molar-refractivity contribution >= 4 is 46.5 Å². The number of hydrogen-bond acceptors (Lipinski definition) is 7. The molecule has 0 aliphatic carbocycles. The Balaban J connectivity index is 1.41. The number of nitrogens with two attached hydrogens (primary N) is 1. The number of amides is 2. The highest BCUT2D eigenvalue weighted by Gasteiger charge is 2.20. The zero-order valence-electron chi connectivity index (χ0n) is 20.0. The first-order chi connectivity index (χ1) is 17.7. The van der Waals surface area contributed by atoms with Crippen LogP contribution in [0.3, 0.4) is 0 Å². The van der Waals surface area contributed by atoms with Crippen LogP contribution in [0.25, 0.3) is 0 Å². The first-order valence-electron chi connectivity index (χ1n) is 11.5. The lowest BCUT2D eigenvalue weighted by Gasteiger charge is -2.20. The summed E-state index contributed by atoms with van der Waals surface area (Å²) in [5.74, 6) is -1.26. The van der Waals surface area contributed by atoms with Crippen LogP contribution in [-0.4, -0.2) is 65.0 Å². The summed E-state index contributed by atoms with van der Waals surface area (Å²) in [4.78, 5) is 29.6. The van der Waals surface area contributed by atoms with Gasteiger partial charge in [0.1, 0.15) is 12.4 Å². The average molecular weight is 547 g/mol. The number of carbonyl (C=O) groups excluding carboxylic acids is 2. The number of nitrogens with zero attached hydrogens (tertiary/aromatic N) is 4. The Labute approximate surface area is 223 Å². The molecular weight excluding hydrogens is 522 g/mol. The van der Waals surface area contributed by atoms with Gasteiger partial charge in [0.15, 0.2) is 17.3 Å². The first-order valence-corrected chi connectivity index (χ1v) is 12.3. The summed E-state index contributed by atoms with van der Waals surface area (Å²) in [6.07, 6.45) is 0.924. The van der Waals surface area contributed by atoms with Gasteiger partial charge in [0.25, 0.3) is 11.8 Å². The molecule has 2 heterocycles. The molecule has 3 N–H and O–H groups in total. The van der Waals surface area contributed by atoms with Gasteiger partial charge in [0.05, 0.1) is 5.02 Å². The largest absolute Gasteiger partial charge is 0.485 e. The van der Waals surface area contributed by atoms with Crippen LogP contribution >= 0.6 is 23.2 Å². The molecule has 4 rings (SSSR count). The molecule has 0 bridgehead atoms. The van der Waals surface area contributed by atoms with E-state index in [1.807, 2.05) is 11.9 Å². The number of anilines is 2. The number of ether oxygens (including phenoxy) is 1. The molecule has 0 spiro atoms. The molecule has 2 amide bonds. The number of benzene rings is 2. The van der Waals surface area contributed by atoms with Gasteiger partial charge < -0.3 is 25.6 Å². The van der Waals surface area contributed by atoms with E-state index in [0.29, 0.717) is 24.3 Å². The molecule has 3 aromatic rings. The molecule has 1 aromatic heterocycles. The Morgan fingerprint density at radius 3 is 2.59 bits per heavy atom. The maximum atomic E-state index is 13.8. The van der Waals surface area contributed by atoms with Crippen molar-refractivity contribution in [2.24, 2.45) is 0 Å². The van der Waals surface area contributed by atoms with Crippen LogP contribution in [0.15, 0.2) is 42.5 Å². The lowest BCUT2D eigenvalue weighted by atomic mass is 10.1. The topological polar surface area (TPSA) is 114 Å². The molecule has 1 saturated heterocycles. The molecule has 2 aromatic carbocycles. The second-order valence-corrected chi connectivity index (χ2v) is 9.36. The summed E-state index contributed by atoms with van der Waals surface area (Å²) in [5.41, 5.74) is 7.01. The van der Waals surface area contributed by atoms with Crippen LogP contribution in [0.1, 0.15) is 32.8 Å². The zero-order chi connectivity index (χ0) is 26.5. The zero-order valence-corrected chi connectivity index (χ0v) is 21.5. The highest BCUT2D eigenvalue weighted by molar-refractivity contribution is 6.36. The van der Waals surface area contributed by atoms with Gasteiger partial charge in [0, 0.05) is 47.5 Å². The minimum absolute atomic E-state index is 0.0436. The number of nitrogen functional groups attached to an aromatic ring is 1. The predicted octanol–water partition coefficient (Wildman–Crippen LogP) is 4.11. The van der Waals surface area contributed by atoms with Crippen LogP contribution in [-0.2, 0) is 6.61 Å². The summed E-state index contributed by atoms with van der Waals surface area (Å²) < 4.78 is 19.4. The fraction of sp³-hybridized carbons (Fsp3) is 0.280. The fourth-order valence-corrected chi connectivity index (χ4v) is 4.27. The molecule has 0 atom stereocenters. The molecule has 1 fully saturated rings. The molecule has 9 nitrogen and oxygen atoms in total. The third-order valence-electron chi connectivity index (χ3n) is 5.93. The lowest BCUT2D eigenvalue weighted by Crippen LogP contribution is -2.34. The quantitative estimate of drug-likeness (QED) is 0.447. The van der Waals surface area contributed by atoms with Crippen molar-refractivity contribution in [2.75, 3.05) is 44.3 Å². The summed E-state index contributed by atoms with van der Waals surface area (Å²) in [6.45, 7) is 2.97. The molecule has 12 heteroatoms. The maximum Gasteiger partial charge on any atom is 0.276 e. The number of aromatic nitrogens is 2. The van der Waals surface area contributed by atoms with E-state index in [2.05, 4.69) is 20.4 Å². The predicted molar refractivity (Wildman–Crippen MR) is 140 cm³/mol. The average Bonchev–Trinajstić information content (AvgIpc) is 3.11. The van der Waals surface area contributed by atoms with Gasteiger partial charge in [-0.1, -0.05) is 23.2 Å². The standard InChI is InChI=1S/C25H25Cl2FN6O3/c1-33-9-2-10-34(12-11-33)25(36)15-3-5-16(6-4-15)30-24(35)20-13-21(23(29)32-31-20)37-14-17-18(26)7-8-19(28)22(17)27/h3-8,13H,2,9-12,14H2,1H3,(H2,29,32)(H,30,35). The summed E-state index contributed by atoms with van der Waals surface area (Å²) in [7, 11) is 2.04. The Morgan fingerprint density at radius 2 is 1.84 bits per heavy atom. The summed E-state index contributed by atoms with van der Waals surface area (Å²) in [6, 6.07) is 10.4. The van der Waals surface area contributed by atoms with Crippen LogP contribution in [0.2, 0.25) is 10.0 Å². The van der Waals surface area contributed by atoms with Crippen molar-refractivity contribution in [3.63, 3.8) is 0 Å². The normalized spacial score (nSPS) is 14.2. The van der Waals surface area contributed by atoms with E-state index in [4.69, 9.17) is 33.7 Å². The van der Waals surface area contributed by atoms with Gasteiger partial charge >= 0.3 is 0 Å². The lowest BCUT2D eigenvalue weighted by molar-refractivity contribution is 0.0762. The van der Waals surface area contributed by atoms with Gasteiger partial charge in [-0.05, 0) is 56.4 Å². The third kappa shape index (κ3) is 6.46. The van der Waals surface area contributed by atoms with Crippen LogP contribution in [0.5, 0.6) is 5.75 Å². The molecule has 0 unspecified atom stereocenters. The smallest absolute Gasteiger partial charge is 0.276 e. The summed E-state index contributed by atoms with van der Waals surface area (Å²) >= 11 is 12.1. The number of likely N-dealkylation sites (N-methyl/N-ethyl adjacent to an activating group) is 1. The van der Waals surface area contributed by atoms with Crippen molar-refractivity contribution in [1.82, 2.24) is 20.0 Å². The van der Waals surface area contributed by atoms with E-state index in [1.54, 1.807) is 24.3 Å². The maximum absolute atomic E-state index is 13.8. The van der Waals surface area contributed by atoms with Gasteiger partial charge in [0.2, 0.25) is 0 Å². The second kappa shape index (κ2) is 11.7. The number of rotatable bonds is 6. The summed E-state index contributed by atoms with van der Waals surface area (Å²) in [5, 5.41) is 10.3. The second-order valence-electron chi connectivity index (χ2n) is 8.57. The fourth-order valence-electron chi connectivity index (χ4n) is 3.79. The van der Waals surface area contributed by atoms with Gasteiger partial charge in [-0.3, -0.25) is 9.59 Å². The van der Waals surface area contributed by atoms with E-state index < -0.39 is 11.7 Å². The van der Waals surface area contributed by atoms with Gasteiger partial charge in [-0.25, -0.2) is 4.39 Å². The van der Waals surface area contributed by atoms with Crippen LogP contribution in [0.4, 0.5) is 15.9 Å². The minimum Gasteiger partial charge on any atom is -0.485 e. The van der Waals surface area contributed by atoms with E-state index in [0.717, 1.165) is 25.6 Å². The van der Waals surface area contributed by atoms with Crippen molar-refractivity contribution in [1.29, 1.82) is 0 Å². The third-order valence-corrected chi connectivity index (χ3v) is 6.69. The molecule has 1 aliphatic rings. The molecule has 0 saturated carbocycles. The number of hydrogen-bond donors (Lipinski definition) is 2. The minimum atomic E-state index is -0.641. The van der Waals surface area contributed by atoms with Crippen molar-refractivity contribution in [2.45, 2.75) is 13.0 Å². The number of nitrogens with one attached hydrogen (secondary N) is 1.